The van der Waals surface area contributed by atoms with Crippen molar-refractivity contribution in [2.24, 2.45) is 10.4 Å². The van der Waals surface area contributed by atoms with Crippen molar-refractivity contribution in [2.45, 2.75) is 58.9 Å². The van der Waals surface area contributed by atoms with Gasteiger partial charge in [0, 0.05) is 0 Å². The Balaban J connectivity index is 2.07. The normalized spacial score (nSPS) is 29.0. The van der Waals surface area contributed by atoms with Crippen LogP contribution in [0.15, 0.2) is 16.8 Å². The SMILES string of the molecule is CC1=CC(C)(C)C(=NC2CCCCC2)O1. The molecule has 0 aromatic carbocycles. The van der Waals surface area contributed by atoms with Crippen molar-refractivity contribution < 1.29 is 4.74 Å². The van der Waals surface area contributed by atoms with E-state index in [1.807, 2.05) is 6.92 Å². The maximum Gasteiger partial charge on any atom is 0.199 e. The highest BCUT2D eigenvalue weighted by atomic mass is 16.5. The lowest BCUT2D eigenvalue weighted by atomic mass is 9.92. The van der Waals surface area contributed by atoms with Gasteiger partial charge in [-0.15, -0.1) is 0 Å². The van der Waals surface area contributed by atoms with Gasteiger partial charge in [0.1, 0.15) is 0 Å². The summed E-state index contributed by atoms with van der Waals surface area (Å²) in [7, 11) is 0. The van der Waals surface area contributed by atoms with E-state index in [1.54, 1.807) is 0 Å². The summed E-state index contributed by atoms with van der Waals surface area (Å²) in [4.78, 5) is 4.78. The van der Waals surface area contributed by atoms with E-state index >= 15 is 0 Å². The van der Waals surface area contributed by atoms with Crippen LogP contribution in [-0.2, 0) is 4.74 Å². The van der Waals surface area contributed by atoms with E-state index in [-0.39, 0.29) is 5.41 Å². The molecular weight excluding hydrogens is 186 g/mol. The third-order valence-electron chi connectivity index (χ3n) is 3.25. The monoisotopic (exact) mass is 207 g/mol. The van der Waals surface area contributed by atoms with Crippen LogP contribution in [-0.4, -0.2) is 11.9 Å². The maximum absolute atomic E-state index is 5.69. The summed E-state index contributed by atoms with van der Waals surface area (Å²) >= 11 is 0. The van der Waals surface area contributed by atoms with Gasteiger partial charge in [-0.2, -0.15) is 0 Å². The number of allylic oxidation sites excluding steroid dienone is 1. The number of aliphatic imine (C=N–C) groups is 1. The third kappa shape index (κ3) is 2.42. The van der Waals surface area contributed by atoms with Gasteiger partial charge in [-0.1, -0.05) is 19.3 Å². The Morgan fingerprint density at radius 3 is 2.47 bits per heavy atom. The first-order valence-corrected chi connectivity index (χ1v) is 6.03. The summed E-state index contributed by atoms with van der Waals surface area (Å²) in [6.45, 7) is 6.35. The minimum Gasteiger partial charge on any atom is -0.447 e. The van der Waals surface area contributed by atoms with Gasteiger partial charge in [-0.3, -0.25) is 4.99 Å². The zero-order valence-electron chi connectivity index (χ0n) is 10.0. The molecule has 1 saturated carbocycles. The molecule has 1 fully saturated rings. The second-order valence-corrected chi connectivity index (χ2v) is 5.30. The Morgan fingerprint density at radius 1 is 1.27 bits per heavy atom. The number of hydrogen-bond acceptors (Lipinski definition) is 2. The largest absolute Gasteiger partial charge is 0.447 e. The van der Waals surface area contributed by atoms with Gasteiger partial charge in [0.05, 0.1) is 17.2 Å². The fourth-order valence-corrected chi connectivity index (χ4v) is 2.45. The Morgan fingerprint density at radius 2 is 1.93 bits per heavy atom. The smallest absolute Gasteiger partial charge is 0.199 e. The average Bonchev–Trinajstić information content (AvgIpc) is 2.41. The van der Waals surface area contributed by atoms with E-state index in [1.165, 1.54) is 32.1 Å². The molecule has 0 bridgehead atoms. The molecule has 2 aliphatic rings. The van der Waals surface area contributed by atoms with Gasteiger partial charge < -0.3 is 4.74 Å². The van der Waals surface area contributed by atoms with Crippen LogP contribution < -0.4 is 0 Å². The topological polar surface area (TPSA) is 21.6 Å². The molecule has 0 aromatic heterocycles. The van der Waals surface area contributed by atoms with Gasteiger partial charge in [-0.05, 0) is 39.7 Å². The Kier molecular flexibility index (Phi) is 2.85. The van der Waals surface area contributed by atoms with E-state index in [4.69, 9.17) is 9.73 Å². The zero-order valence-corrected chi connectivity index (χ0v) is 10.0. The number of hydrogen-bond donors (Lipinski definition) is 0. The second kappa shape index (κ2) is 3.99. The van der Waals surface area contributed by atoms with Crippen LogP contribution in [0.3, 0.4) is 0 Å². The van der Waals surface area contributed by atoms with Crippen LogP contribution in [0, 0.1) is 5.41 Å². The molecule has 2 heteroatoms. The van der Waals surface area contributed by atoms with Crippen LogP contribution in [0.25, 0.3) is 0 Å². The molecule has 15 heavy (non-hydrogen) atoms. The van der Waals surface area contributed by atoms with Gasteiger partial charge in [0.2, 0.25) is 0 Å². The molecular formula is C13H21NO. The van der Waals surface area contributed by atoms with Crippen LogP contribution in [0.1, 0.15) is 52.9 Å². The van der Waals surface area contributed by atoms with Crippen LogP contribution in [0.2, 0.25) is 0 Å². The molecule has 1 heterocycles. The van der Waals surface area contributed by atoms with Gasteiger partial charge in [-0.25, -0.2) is 0 Å². The first-order chi connectivity index (χ1) is 7.08. The highest BCUT2D eigenvalue weighted by Crippen LogP contribution is 2.32. The number of rotatable bonds is 1. The standard InChI is InChI=1S/C13H21NO/c1-10-9-13(2,3)12(15-10)14-11-7-5-4-6-8-11/h9,11H,4-8H2,1-3H3. The Labute approximate surface area is 92.4 Å². The van der Waals surface area contributed by atoms with Crippen molar-refractivity contribution >= 4 is 5.90 Å². The summed E-state index contributed by atoms with van der Waals surface area (Å²) in [5.74, 6) is 1.92. The molecule has 84 valence electrons. The molecule has 2 nitrogen and oxygen atoms in total. The summed E-state index contributed by atoms with van der Waals surface area (Å²) < 4.78 is 5.69. The fraction of sp³-hybridized carbons (Fsp3) is 0.769. The zero-order chi connectivity index (χ0) is 10.9. The van der Waals surface area contributed by atoms with Gasteiger partial charge in [0.25, 0.3) is 0 Å². The van der Waals surface area contributed by atoms with Crippen molar-refractivity contribution in [2.75, 3.05) is 0 Å². The maximum atomic E-state index is 5.69. The fourth-order valence-electron chi connectivity index (χ4n) is 2.45. The lowest BCUT2D eigenvalue weighted by Gasteiger charge is -2.21. The molecule has 0 unspecified atom stereocenters. The summed E-state index contributed by atoms with van der Waals surface area (Å²) in [5, 5.41) is 0. The molecule has 0 aromatic rings. The van der Waals surface area contributed by atoms with Gasteiger partial charge >= 0.3 is 0 Å². The van der Waals surface area contributed by atoms with Crippen molar-refractivity contribution in [1.29, 1.82) is 0 Å². The van der Waals surface area contributed by atoms with E-state index < -0.39 is 0 Å². The van der Waals surface area contributed by atoms with Crippen molar-refractivity contribution in [1.82, 2.24) is 0 Å². The highest BCUT2D eigenvalue weighted by Gasteiger charge is 2.32. The van der Waals surface area contributed by atoms with E-state index in [9.17, 15) is 0 Å². The quantitative estimate of drug-likeness (QED) is 0.642. The average molecular weight is 207 g/mol. The molecule has 0 amide bonds. The van der Waals surface area contributed by atoms with Crippen molar-refractivity contribution in [3.05, 3.63) is 11.8 Å². The highest BCUT2D eigenvalue weighted by molar-refractivity contribution is 5.87. The third-order valence-corrected chi connectivity index (χ3v) is 3.25. The molecule has 0 saturated heterocycles. The summed E-state index contributed by atoms with van der Waals surface area (Å²) in [6.07, 6.45) is 8.67. The van der Waals surface area contributed by atoms with E-state index in [0.29, 0.717) is 6.04 Å². The predicted molar refractivity (Wildman–Crippen MR) is 62.9 cm³/mol. The van der Waals surface area contributed by atoms with E-state index in [2.05, 4.69) is 19.9 Å². The van der Waals surface area contributed by atoms with Gasteiger partial charge in [0.15, 0.2) is 5.90 Å². The summed E-state index contributed by atoms with van der Waals surface area (Å²) in [6, 6.07) is 0.507. The lowest BCUT2D eigenvalue weighted by molar-refractivity contribution is 0.383. The Hall–Kier alpha value is -0.790. The molecule has 0 radical (unpaired) electrons. The Bertz CT molecular complexity index is 296. The molecule has 1 aliphatic heterocycles. The molecule has 0 spiro atoms. The lowest BCUT2D eigenvalue weighted by Crippen LogP contribution is -2.22. The van der Waals surface area contributed by atoms with Crippen molar-refractivity contribution in [3.63, 3.8) is 0 Å². The second-order valence-electron chi connectivity index (χ2n) is 5.30. The molecule has 0 atom stereocenters. The summed E-state index contributed by atoms with van der Waals surface area (Å²) in [5.41, 5.74) is 0.00152. The minimum atomic E-state index is 0.00152. The number of ether oxygens (including phenoxy) is 1. The predicted octanol–water partition coefficient (Wildman–Crippen LogP) is 3.68. The van der Waals surface area contributed by atoms with Crippen LogP contribution in [0.5, 0.6) is 0 Å². The van der Waals surface area contributed by atoms with Crippen LogP contribution in [0.4, 0.5) is 0 Å². The first kappa shape index (κ1) is 10.7. The molecule has 0 N–H and O–H groups in total. The van der Waals surface area contributed by atoms with E-state index in [0.717, 1.165) is 11.7 Å². The van der Waals surface area contributed by atoms with Crippen LogP contribution >= 0.6 is 0 Å². The number of nitrogens with zero attached hydrogens (tertiary/aromatic N) is 1. The van der Waals surface area contributed by atoms with Crippen molar-refractivity contribution in [3.8, 4) is 0 Å². The molecule has 2 rings (SSSR count). The first-order valence-electron chi connectivity index (χ1n) is 6.03. The minimum absolute atomic E-state index is 0.00152. The molecule has 1 aliphatic carbocycles.